The summed E-state index contributed by atoms with van der Waals surface area (Å²) in [6, 6.07) is 10.6. The lowest BCUT2D eigenvalue weighted by Crippen LogP contribution is -2.28. The molecule has 3 heterocycles. The van der Waals surface area contributed by atoms with Crippen LogP contribution in [-0.4, -0.2) is 55.2 Å². The molecule has 5 heteroatoms. The van der Waals surface area contributed by atoms with Gasteiger partial charge in [-0.3, -0.25) is 9.88 Å². The van der Waals surface area contributed by atoms with Crippen molar-refractivity contribution < 1.29 is 9.47 Å². The normalized spacial score (nSPS) is 19.8. The first kappa shape index (κ1) is 19.2. The van der Waals surface area contributed by atoms with Crippen LogP contribution in [0.2, 0.25) is 0 Å². The van der Waals surface area contributed by atoms with Crippen LogP contribution in [0, 0.1) is 12.8 Å². The summed E-state index contributed by atoms with van der Waals surface area (Å²) in [4.78, 5) is 9.80. The molecule has 150 valence electrons. The van der Waals surface area contributed by atoms with E-state index in [1.807, 2.05) is 0 Å². The summed E-state index contributed by atoms with van der Waals surface area (Å²) in [7, 11) is 3.41. The Hall–Kier alpha value is -2.11. The van der Waals surface area contributed by atoms with E-state index in [2.05, 4.69) is 52.0 Å². The number of pyridine rings is 1. The highest BCUT2D eigenvalue weighted by atomic mass is 16.5. The van der Waals surface area contributed by atoms with E-state index in [0.717, 1.165) is 49.2 Å². The van der Waals surface area contributed by atoms with Gasteiger partial charge < -0.3 is 14.4 Å². The van der Waals surface area contributed by atoms with Gasteiger partial charge in [-0.25, -0.2) is 0 Å². The number of rotatable bonds is 7. The smallest absolute Gasteiger partial charge is 0.161 e. The standard InChI is InChI=1S/C23H31N3O2/c1-17-5-4-6-21(24-17)8-10-25-9-7-18(13-25)14-26-15-19-11-22(27-2)23(28-3)12-20(19)16-26/h4-6,11-12,18H,7-10,13-16H2,1-3H3. The molecule has 2 aliphatic rings. The summed E-state index contributed by atoms with van der Waals surface area (Å²) in [5.41, 5.74) is 5.07. The highest BCUT2D eigenvalue weighted by molar-refractivity contribution is 5.48. The molecule has 2 aliphatic heterocycles. The van der Waals surface area contributed by atoms with Gasteiger partial charge in [0.15, 0.2) is 11.5 Å². The number of ether oxygens (including phenoxy) is 2. The van der Waals surface area contributed by atoms with Crippen LogP contribution in [0.4, 0.5) is 0 Å². The Morgan fingerprint density at radius 3 is 2.39 bits per heavy atom. The zero-order valence-electron chi connectivity index (χ0n) is 17.3. The fourth-order valence-electron chi connectivity index (χ4n) is 4.57. The maximum Gasteiger partial charge on any atom is 0.161 e. The van der Waals surface area contributed by atoms with Gasteiger partial charge in [-0.2, -0.15) is 0 Å². The van der Waals surface area contributed by atoms with Crippen molar-refractivity contribution in [3.63, 3.8) is 0 Å². The van der Waals surface area contributed by atoms with E-state index in [1.54, 1.807) is 14.2 Å². The molecule has 5 nitrogen and oxygen atoms in total. The number of methoxy groups -OCH3 is 2. The molecule has 0 amide bonds. The minimum atomic E-state index is 0.753. The van der Waals surface area contributed by atoms with Crippen LogP contribution in [0.3, 0.4) is 0 Å². The fraction of sp³-hybridized carbons (Fsp3) is 0.522. The van der Waals surface area contributed by atoms with E-state index < -0.39 is 0 Å². The number of aryl methyl sites for hydroxylation is 1. The van der Waals surface area contributed by atoms with Crippen LogP contribution in [0.5, 0.6) is 11.5 Å². The Morgan fingerprint density at radius 1 is 1.04 bits per heavy atom. The molecule has 1 saturated heterocycles. The number of benzene rings is 1. The van der Waals surface area contributed by atoms with E-state index in [-0.39, 0.29) is 0 Å². The lowest BCUT2D eigenvalue weighted by atomic mass is 10.1. The molecule has 28 heavy (non-hydrogen) atoms. The van der Waals surface area contributed by atoms with Gasteiger partial charge in [0.05, 0.1) is 14.2 Å². The second kappa shape index (κ2) is 8.50. The van der Waals surface area contributed by atoms with Gasteiger partial charge in [0, 0.05) is 50.5 Å². The van der Waals surface area contributed by atoms with Gasteiger partial charge in [0.25, 0.3) is 0 Å². The molecule has 0 N–H and O–H groups in total. The van der Waals surface area contributed by atoms with Gasteiger partial charge in [0.2, 0.25) is 0 Å². The third-order valence-electron chi connectivity index (χ3n) is 6.01. The first-order chi connectivity index (χ1) is 13.6. The third-order valence-corrected chi connectivity index (χ3v) is 6.01. The average molecular weight is 382 g/mol. The molecule has 1 unspecified atom stereocenters. The predicted octanol–water partition coefficient (Wildman–Crippen LogP) is 3.29. The molecule has 0 saturated carbocycles. The fourth-order valence-corrected chi connectivity index (χ4v) is 4.57. The van der Waals surface area contributed by atoms with Crippen molar-refractivity contribution in [3.05, 3.63) is 52.8 Å². The Kier molecular flexibility index (Phi) is 5.83. The lowest BCUT2D eigenvalue weighted by molar-refractivity contribution is 0.230. The first-order valence-corrected chi connectivity index (χ1v) is 10.3. The van der Waals surface area contributed by atoms with Crippen molar-refractivity contribution in [1.82, 2.24) is 14.8 Å². The third kappa shape index (κ3) is 4.31. The average Bonchev–Trinajstić information content (AvgIpc) is 3.31. The number of hydrogen-bond donors (Lipinski definition) is 0. The zero-order valence-corrected chi connectivity index (χ0v) is 17.3. The zero-order chi connectivity index (χ0) is 19.5. The van der Waals surface area contributed by atoms with Crippen LogP contribution in [-0.2, 0) is 19.5 Å². The van der Waals surface area contributed by atoms with Gasteiger partial charge in [-0.1, -0.05) is 6.07 Å². The Bertz CT molecular complexity index is 790. The summed E-state index contributed by atoms with van der Waals surface area (Å²) in [6.45, 7) is 8.78. The SMILES string of the molecule is COc1cc2c(cc1OC)CN(CC1CCN(CCc3cccc(C)n3)C1)C2. The highest BCUT2D eigenvalue weighted by Gasteiger charge is 2.28. The summed E-state index contributed by atoms with van der Waals surface area (Å²) in [5.74, 6) is 2.42. The first-order valence-electron chi connectivity index (χ1n) is 10.3. The Labute approximate surface area is 168 Å². The topological polar surface area (TPSA) is 37.8 Å². The molecule has 1 fully saturated rings. The molecular formula is C23H31N3O2. The van der Waals surface area contributed by atoms with E-state index in [4.69, 9.17) is 9.47 Å². The van der Waals surface area contributed by atoms with Gasteiger partial charge >= 0.3 is 0 Å². The van der Waals surface area contributed by atoms with Crippen molar-refractivity contribution in [2.24, 2.45) is 5.92 Å². The monoisotopic (exact) mass is 381 g/mol. The number of hydrogen-bond acceptors (Lipinski definition) is 5. The van der Waals surface area contributed by atoms with Gasteiger partial charge in [-0.15, -0.1) is 0 Å². The number of fused-ring (bicyclic) bond motifs is 1. The summed E-state index contributed by atoms with van der Waals surface area (Å²) < 4.78 is 10.9. The van der Waals surface area contributed by atoms with Crippen molar-refractivity contribution >= 4 is 0 Å². The molecule has 1 aromatic heterocycles. The van der Waals surface area contributed by atoms with Crippen LogP contribution in [0.1, 0.15) is 28.9 Å². The van der Waals surface area contributed by atoms with E-state index in [1.165, 1.54) is 42.9 Å². The minimum absolute atomic E-state index is 0.753. The maximum absolute atomic E-state index is 5.46. The highest BCUT2D eigenvalue weighted by Crippen LogP contribution is 2.35. The molecular weight excluding hydrogens is 350 g/mol. The summed E-state index contributed by atoms with van der Waals surface area (Å²) in [5, 5.41) is 0. The second-order valence-electron chi connectivity index (χ2n) is 8.12. The molecule has 0 spiro atoms. The van der Waals surface area contributed by atoms with Crippen LogP contribution in [0.15, 0.2) is 30.3 Å². The molecule has 0 radical (unpaired) electrons. The van der Waals surface area contributed by atoms with Crippen LogP contribution >= 0.6 is 0 Å². The largest absolute Gasteiger partial charge is 0.493 e. The lowest BCUT2D eigenvalue weighted by Gasteiger charge is -2.20. The quantitative estimate of drug-likeness (QED) is 0.736. The summed E-state index contributed by atoms with van der Waals surface area (Å²) >= 11 is 0. The Balaban J connectivity index is 1.28. The van der Waals surface area contributed by atoms with Crippen molar-refractivity contribution in [2.75, 3.05) is 40.4 Å². The second-order valence-corrected chi connectivity index (χ2v) is 8.12. The molecule has 0 aliphatic carbocycles. The van der Waals surface area contributed by atoms with E-state index in [0.29, 0.717) is 0 Å². The molecule has 4 rings (SSSR count). The van der Waals surface area contributed by atoms with E-state index >= 15 is 0 Å². The van der Waals surface area contributed by atoms with E-state index in [9.17, 15) is 0 Å². The van der Waals surface area contributed by atoms with Gasteiger partial charge in [-0.05, 0) is 61.2 Å². The number of likely N-dealkylation sites (tertiary alicyclic amines) is 1. The maximum atomic E-state index is 5.46. The number of nitrogens with zero attached hydrogens (tertiary/aromatic N) is 3. The molecule has 1 aromatic carbocycles. The van der Waals surface area contributed by atoms with Gasteiger partial charge in [0.1, 0.15) is 0 Å². The number of aromatic nitrogens is 1. The Morgan fingerprint density at radius 2 is 1.75 bits per heavy atom. The predicted molar refractivity (Wildman–Crippen MR) is 111 cm³/mol. The van der Waals surface area contributed by atoms with Crippen LogP contribution < -0.4 is 9.47 Å². The summed E-state index contributed by atoms with van der Waals surface area (Å²) in [6.07, 6.45) is 2.34. The molecule has 1 atom stereocenters. The molecule has 0 bridgehead atoms. The minimum Gasteiger partial charge on any atom is -0.493 e. The van der Waals surface area contributed by atoms with Crippen molar-refractivity contribution in [3.8, 4) is 11.5 Å². The molecule has 2 aromatic rings. The van der Waals surface area contributed by atoms with Crippen molar-refractivity contribution in [2.45, 2.75) is 32.9 Å². The van der Waals surface area contributed by atoms with Crippen LogP contribution in [0.25, 0.3) is 0 Å². The van der Waals surface area contributed by atoms with Crippen molar-refractivity contribution in [1.29, 1.82) is 0 Å².